The first-order valence-electron chi connectivity index (χ1n) is 3.61. The minimum Gasteiger partial charge on any atom is -0.473 e. The molecule has 1 fully saturated rings. The zero-order valence-corrected chi connectivity index (χ0v) is 7.47. The van der Waals surface area contributed by atoms with Gasteiger partial charge in [0.05, 0.1) is 4.92 Å². The first-order valence-corrected chi connectivity index (χ1v) is 4.60. The van der Waals surface area contributed by atoms with Crippen molar-refractivity contribution in [2.75, 3.05) is 12.3 Å². The van der Waals surface area contributed by atoms with E-state index in [-0.39, 0.29) is 5.03 Å². The van der Waals surface area contributed by atoms with Gasteiger partial charge in [-0.3, -0.25) is 10.1 Å². The van der Waals surface area contributed by atoms with E-state index in [1.807, 2.05) is 0 Å². The Kier molecular flexibility index (Phi) is 3.13. The van der Waals surface area contributed by atoms with Gasteiger partial charge < -0.3 is 10.4 Å². The molecule has 2 N–H and O–H groups in total. The Labute approximate surface area is 78.2 Å². The Balaban J connectivity index is 2.93. The molecular weight excluding hydrogens is 196 g/mol. The summed E-state index contributed by atoms with van der Waals surface area (Å²) >= 11 is 1.17. The number of nitrogens with zero attached hydrogens (tertiary/aromatic N) is 1. The second kappa shape index (κ2) is 4.13. The first-order chi connectivity index (χ1) is 6.13. The van der Waals surface area contributed by atoms with Crippen LogP contribution >= 0.6 is 11.8 Å². The van der Waals surface area contributed by atoms with Crippen LogP contribution < -0.4 is 5.32 Å². The third-order valence-electron chi connectivity index (χ3n) is 1.45. The van der Waals surface area contributed by atoms with Gasteiger partial charge in [0.15, 0.2) is 5.03 Å². The molecule has 0 aliphatic carbocycles. The summed E-state index contributed by atoms with van der Waals surface area (Å²) in [4.78, 5) is 20.0. The summed E-state index contributed by atoms with van der Waals surface area (Å²) in [5.41, 5.74) is -0.760. The molecule has 0 unspecified atom stereocenters. The lowest BCUT2D eigenvalue weighted by Crippen LogP contribution is -2.25. The second-order valence-electron chi connectivity index (χ2n) is 2.37. The molecule has 6 nitrogen and oxygen atoms in total. The topological polar surface area (TPSA) is 92.5 Å². The van der Waals surface area contributed by atoms with Crippen molar-refractivity contribution in [3.05, 3.63) is 20.8 Å². The van der Waals surface area contributed by atoms with Crippen LogP contribution in [0.4, 0.5) is 0 Å². The number of hydrogen-bond acceptors (Lipinski definition) is 5. The van der Waals surface area contributed by atoms with E-state index in [2.05, 4.69) is 5.32 Å². The summed E-state index contributed by atoms with van der Waals surface area (Å²) in [5, 5.41) is 21.8. The summed E-state index contributed by atoms with van der Waals surface area (Å²) in [6.07, 6.45) is 0.888. The molecule has 13 heavy (non-hydrogen) atoms. The van der Waals surface area contributed by atoms with Crippen LogP contribution in [0.25, 0.3) is 0 Å². The summed E-state index contributed by atoms with van der Waals surface area (Å²) < 4.78 is 0. The van der Waals surface area contributed by atoms with Crippen LogP contribution in [0.2, 0.25) is 0 Å². The minimum absolute atomic E-state index is 0.156. The molecule has 72 valence electrons. The fourth-order valence-corrected chi connectivity index (χ4v) is 1.91. The molecule has 1 aliphatic heterocycles. The molecule has 0 radical (unpaired) electrons. The molecule has 1 aliphatic rings. The van der Waals surface area contributed by atoms with Crippen molar-refractivity contribution in [3.63, 3.8) is 0 Å². The molecule has 7 heteroatoms. The lowest BCUT2D eigenvalue weighted by atomic mass is 10.4. The molecule has 1 rings (SSSR count). The summed E-state index contributed by atoms with van der Waals surface area (Å²) in [5.74, 6) is -0.783. The molecular formula is C6H8N2O4S. The third kappa shape index (κ3) is 2.35. The highest BCUT2D eigenvalue weighted by Gasteiger charge is 2.28. The number of nitro groups is 1. The van der Waals surface area contributed by atoms with Crippen molar-refractivity contribution in [1.29, 1.82) is 0 Å². The van der Waals surface area contributed by atoms with E-state index >= 15 is 0 Å². The van der Waals surface area contributed by atoms with Crippen molar-refractivity contribution in [3.8, 4) is 0 Å². The van der Waals surface area contributed by atoms with E-state index in [1.54, 1.807) is 0 Å². The maximum absolute atomic E-state index is 10.5. The molecule has 0 atom stereocenters. The van der Waals surface area contributed by atoms with Gasteiger partial charge in [0.25, 0.3) is 0 Å². The average molecular weight is 204 g/mol. The van der Waals surface area contributed by atoms with E-state index in [0.29, 0.717) is 12.3 Å². The number of nitrogens with one attached hydrogen (secondary N) is 1. The maximum Gasteiger partial charge on any atom is 0.410 e. The van der Waals surface area contributed by atoms with Crippen molar-refractivity contribution >= 4 is 17.7 Å². The second-order valence-corrected chi connectivity index (χ2v) is 3.47. The van der Waals surface area contributed by atoms with Gasteiger partial charge in [-0.25, -0.2) is 4.79 Å². The van der Waals surface area contributed by atoms with Gasteiger partial charge >= 0.3 is 11.7 Å². The van der Waals surface area contributed by atoms with Gasteiger partial charge in [0, 0.05) is 12.3 Å². The van der Waals surface area contributed by atoms with Gasteiger partial charge in [-0.2, -0.15) is 0 Å². The quantitative estimate of drug-likeness (QED) is 0.380. The zero-order valence-electron chi connectivity index (χ0n) is 6.65. The molecule has 0 spiro atoms. The summed E-state index contributed by atoms with van der Waals surface area (Å²) in [7, 11) is 0. The average Bonchev–Trinajstić information content (AvgIpc) is 2.04. The number of hydrogen-bond donors (Lipinski definition) is 2. The highest BCUT2D eigenvalue weighted by molar-refractivity contribution is 8.03. The monoisotopic (exact) mass is 204 g/mol. The van der Waals surface area contributed by atoms with E-state index in [9.17, 15) is 14.9 Å². The number of rotatable bonds is 2. The van der Waals surface area contributed by atoms with Gasteiger partial charge in [0.1, 0.15) is 0 Å². The van der Waals surface area contributed by atoms with Crippen molar-refractivity contribution in [2.24, 2.45) is 0 Å². The zero-order chi connectivity index (χ0) is 9.84. The smallest absolute Gasteiger partial charge is 0.410 e. The minimum atomic E-state index is -1.50. The predicted molar refractivity (Wildman–Crippen MR) is 46.7 cm³/mol. The molecule has 0 aromatic heterocycles. The third-order valence-corrected chi connectivity index (χ3v) is 2.57. The van der Waals surface area contributed by atoms with Gasteiger partial charge in [-0.1, -0.05) is 0 Å². The first kappa shape index (κ1) is 9.85. The van der Waals surface area contributed by atoms with Crippen molar-refractivity contribution in [2.45, 2.75) is 6.42 Å². The van der Waals surface area contributed by atoms with Crippen LogP contribution in [0.1, 0.15) is 6.42 Å². The van der Waals surface area contributed by atoms with Gasteiger partial charge in [-0.05, 0) is 6.42 Å². The van der Waals surface area contributed by atoms with E-state index < -0.39 is 16.6 Å². The molecule has 0 amide bonds. The highest BCUT2D eigenvalue weighted by atomic mass is 32.2. The molecule has 0 aromatic rings. The Bertz CT molecular complexity index is 252. The SMILES string of the molecule is O=C(O)C(=C1NCCCS1)[N+](=O)[O-]. The van der Waals surface area contributed by atoms with E-state index in [0.717, 1.165) is 6.42 Å². The van der Waals surface area contributed by atoms with E-state index in [4.69, 9.17) is 5.11 Å². The van der Waals surface area contributed by atoms with Crippen LogP contribution in [-0.4, -0.2) is 28.3 Å². The predicted octanol–water partition coefficient (Wildman–Crippen LogP) is 0.243. The standard InChI is InChI=1S/C6H8N2O4S/c9-6(10)4(8(11)12)5-7-2-1-3-13-5/h7H,1-3H2,(H,9,10). The molecule has 1 saturated heterocycles. The Morgan fingerprint density at radius 3 is 2.77 bits per heavy atom. The number of carboxylic acid groups (broad SMARTS) is 1. The maximum atomic E-state index is 10.5. The fourth-order valence-electron chi connectivity index (χ4n) is 0.910. The Morgan fingerprint density at radius 2 is 2.38 bits per heavy atom. The summed E-state index contributed by atoms with van der Waals surface area (Å²) in [6.45, 7) is 0.590. The normalized spacial score (nSPS) is 20.3. The van der Waals surface area contributed by atoms with Crippen LogP contribution in [0, 0.1) is 10.1 Å². The largest absolute Gasteiger partial charge is 0.473 e. The van der Waals surface area contributed by atoms with Gasteiger partial charge in [-0.15, -0.1) is 11.8 Å². The highest BCUT2D eigenvalue weighted by Crippen LogP contribution is 2.22. The van der Waals surface area contributed by atoms with Crippen molar-refractivity contribution < 1.29 is 14.8 Å². The number of carboxylic acids is 1. The number of carbonyl (C=O) groups is 1. The van der Waals surface area contributed by atoms with E-state index in [1.165, 1.54) is 11.8 Å². The molecule has 0 bridgehead atoms. The lowest BCUT2D eigenvalue weighted by Gasteiger charge is -2.14. The van der Waals surface area contributed by atoms with Crippen LogP contribution in [0.15, 0.2) is 10.7 Å². The fraction of sp³-hybridized carbons (Fsp3) is 0.500. The van der Waals surface area contributed by atoms with Crippen LogP contribution in [-0.2, 0) is 4.79 Å². The lowest BCUT2D eigenvalue weighted by molar-refractivity contribution is -0.421. The van der Waals surface area contributed by atoms with Crippen LogP contribution in [0.5, 0.6) is 0 Å². The molecule has 0 aromatic carbocycles. The molecule has 0 saturated carbocycles. The number of thioether (sulfide) groups is 1. The van der Waals surface area contributed by atoms with Crippen molar-refractivity contribution in [1.82, 2.24) is 5.32 Å². The van der Waals surface area contributed by atoms with Gasteiger partial charge in [0.2, 0.25) is 0 Å². The Hall–Kier alpha value is -1.24. The number of aliphatic carboxylic acids is 1. The Morgan fingerprint density at radius 1 is 1.69 bits per heavy atom. The molecule has 1 heterocycles. The summed E-state index contributed by atoms with van der Waals surface area (Å²) in [6, 6.07) is 0. The van der Waals surface area contributed by atoms with Crippen LogP contribution in [0.3, 0.4) is 0 Å².